The lowest BCUT2D eigenvalue weighted by molar-refractivity contribution is 0.103. The fourth-order valence-corrected chi connectivity index (χ4v) is 4.80. The molecule has 0 radical (unpaired) electrons. The highest BCUT2D eigenvalue weighted by Gasteiger charge is 2.22. The summed E-state index contributed by atoms with van der Waals surface area (Å²) in [5, 5.41) is 3.87. The van der Waals surface area contributed by atoms with E-state index in [0.717, 1.165) is 38.0 Å². The number of para-hydroxylation sites is 1. The zero-order chi connectivity index (χ0) is 17.6. The Balaban J connectivity index is 1.72. The smallest absolute Gasteiger partial charge is 0.267 e. The van der Waals surface area contributed by atoms with Crippen molar-refractivity contribution in [3.63, 3.8) is 0 Å². The Labute approximate surface area is 164 Å². The van der Waals surface area contributed by atoms with Crippen LogP contribution in [0.3, 0.4) is 0 Å². The van der Waals surface area contributed by atoms with E-state index in [9.17, 15) is 4.79 Å². The highest BCUT2D eigenvalue weighted by Crippen LogP contribution is 2.36. The fraction of sp³-hybridized carbons (Fsp3) is 0.263. The fourth-order valence-electron chi connectivity index (χ4n) is 3.28. The predicted molar refractivity (Wildman–Crippen MR) is 112 cm³/mol. The number of amides is 1. The minimum Gasteiger partial charge on any atom is -0.397 e. The zero-order valence-corrected chi connectivity index (χ0v) is 16.8. The molecule has 0 fully saturated rings. The molecular formula is C19H18IN3OS. The molecule has 3 N–H and O–H groups in total. The number of nitrogens with zero attached hydrogens (tertiary/aromatic N) is 1. The zero-order valence-electron chi connectivity index (χ0n) is 13.8. The first-order valence-electron chi connectivity index (χ1n) is 8.29. The van der Waals surface area contributed by atoms with Crippen LogP contribution in [-0.4, -0.2) is 10.9 Å². The second-order valence-corrected chi connectivity index (χ2v) is 8.73. The average molecular weight is 463 g/mol. The number of nitrogen functional groups attached to an aromatic ring is 1. The quantitative estimate of drug-likeness (QED) is 0.534. The lowest BCUT2D eigenvalue weighted by Crippen LogP contribution is -2.13. The first-order valence-corrected chi connectivity index (χ1v) is 10.2. The number of nitrogens with one attached hydrogen (secondary N) is 1. The molecule has 0 saturated heterocycles. The highest BCUT2D eigenvalue weighted by atomic mass is 127. The van der Waals surface area contributed by atoms with Crippen molar-refractivity contribution in [2.45, 2.75) is 26.2 Å². The van der Waals surface area contributed by atoms with Gasteiger partial charge in [0.15, 0.2) is 0 Å². The van der Waals surface area contributed by atoms with E-state index >= 15 is 0 Å². The number of hydrogen-bond donors (Lipinski definition) is 2. The molecule has 0 saturated carbocycles. The summed E-state index contributed by atoms with van der Waals surface area (Å²) in [7, 11) is 0. The van der Waals surface area contributed by atoms with E-state index in [0.29, 0.717) is 16.5 Å². The Morgan fingerprint density at radius 3 is 3.00 bits per heavy atom. The van der Waals surface area contributed by atoms with Crippen LogP contribution in [0.1, 0.15) is 34.3 Å². The summed E-state index contributed by atoms with van der Waals surface area (Å²) in [5.41, 5.74) is 10.1. The van der Waals surface area contributed by atoms with Crippen molar-refractivity contribution < 1.29 is 4.79 Å². The number of anilines is 2. The van der Waals surface area contributed by atoms with Crippen LogP contribution in [0.4, 0.5) is 11.4 Å². The van der Waals surface area contributed by atoms with Crippen LogP contribution in [0.25, 0.3) is 10.2 Å². The normalized spacial score (nSPS) is 16.6. The Kier molecular flexibility index (Phi) is 4.41. The second-order valence-electron chi connectivity index (χ2n) is 6.57. The van der Waals surface area contributed by atoms with E-state index in [1.165, 1.54) is 23.3 Å². The van der Waals surface area contributed by atoms with Gasteiger partial charge in [-0.1, -0.05) is 19.1 Å². The van der Waals surface area contributed by atoms with Gasteiger partial charge in [-0.25, -0.2) is 4.98 Å². The number of rotatable bonds is 2. The number of halogens is 1. The molecule has 1 aliphatic carbocycles. The van der Waals surface area contributed by atoms with Gasteiger partial charge >= 0.3 is 0 Å². The highest BCUT2D eigenvalue weighted by molar-refractivity contribution is 14.1. The maximum absolute atomic E-state index is 12.7. The summed E-state index contributed by atoms with van der Waals surface area (Å²) in [6.45, 7) is 2.27. The number of nitrogens with two attached hydrogens (primary N) is 1. The van der Waals surface area contributed by atoms with E-state index in [2.05, 4.69) is 40.9 Å². The van der Waals surface area contributed by atoms with Crippen LogP contribution in [0, 0.1) is 9.49 Å². The number of carbonyl (C=O) groups is 1. The molecule has 1 amide bonds. The Morgan fingerprint density at radius 1 is 1.40 bits per heavy atom. The van der Waals surface area contributed by atoms with Crippen molar-refractivity contribution >= 4 is 61.4 Å². The Morgan fingerprint density at radius 2 is 2.20 bits per heavy atom. The van der Waals surface area contributed by atoms with Gasteiger partial charge in [-0.05, 0) is 71.5 Å². The monoisotopic (exact) mass is 463 g/mol. The lowest BCUT2D eigenvalue weighted by atomic mass is 9.87. The minimum absolute atomic E-state index is 0.170. The first-order chi connectivity index (χ1) is 12.0. The van der Waals surface area contributed by atoms with Gasteiger partial charge in [0.05, 0.1) is 11.4 Å². The second kappa shape index (κ2) is 6.57. The van der Waals surface area contributed by atoms with Crippen LogP contribution in [0.2, 0.25) is 0 Å². The summed E-state index contributed by atoms with van der Waals surface area (Å²) in [5.74, 6) is 0.505. The molecule has 2 aromatic heterocycles. The van der Waals surface area contributed by atoms with Crippen molar-refractivity contribution in [2.24, 2.45) is 5.92 Å². The molecule has 1 aromatic carbocycles. The molecule has 1 aliphatic rings. The van der Waals surface area contributed by atoms with Crippen LogP contribution in [-0.2, 0) is 12.8 Å². The van der Waals surface area contributed by atoms with Gasteiger partial charge in [-0.2, -0.15) is 0 Å². The average Bonchev–Trinajstić information content (AvgIpc) is 2.91. The first kappa shape index (κ1) is 16.8. The molecule has 2 heterocycles. The molecule has 6 heteroatoms. The molecule has 3 aromatic rings. The molecule has 25 heavy (non-hydrogen) atoms. The van der Waals surface area contributed by atoms with Gasteiger partial charge in [-0.3, -0.25) is 4.79 Å². The summed E-state index contributed by atoms with van der Waals surface area (Å²) in [6.07, 6.45) is 3.22. The molecule has 4 rings (SSSR count). The maximum atomic E-state index is 12.7. The summed E-state index contributed by atoms with van der Waals surface area (Å²) >= 11 is 3.59. The third-order valence-electron chi connectivity index (χ3n) is 4.66. The SMILES string of the molecule is CC1CCc2nc3sc(C(=O)Nc4ccccc4I)c(N)c3cc2C1. The summed E-state index contributed by atoms with van der Waals surface area (Å²) in [6, 6.07) is 9.84. The standard InChI is InChI=1S/C19H18IN3OS/c1-10-6-7-14-11(8-10)9-12-16(21)17(25-19(12)23-14)18(24)22-15-5-3-2-4-13(15)20/h2-5,9-10H,6-8,21H2,1H3,(H,22,24). The number of carbonyl (C=O) groups excluding carboxylic acids is 1. The topological polar surface area (TPSA) is 68.0 Å². The largest absolute Gasteiger partial charge is 0.397 e. The molecular weight excluding hydrogens is 445 g/mol. The van der Waals surface area contributed by atoms with Gasteiger partial charge in [0.25, 0.3) is 5.91 Å². The summed E-state index contributed by atoms with van der Waals surface area (Å²) < 4.78 is 0.996. The van der Waals surface area contributed by atoms with Gasteiger partial charge < -0.3 is 11.1 Å². The van der Waals surface area contributed by atoms with Crippen LogP contribution < -0.4 is 11.1 Å². The Bertz CT molecular complexity index is 982. The molecule has 0 spiro atoms. The van der Waals surface area contributed by atoms with Crippen molar-refractivity contribution in [2.75, 3.05) is 11.1 Å². The molecule has 0 bridgehead atoms. The van der Waals surface area contributed by atoms with Crippen LogP contribution in [0.15, 0.2) is 30.3 Å². The third-order valence-corrected chi connectivity index (χ3v) is 6.71. The van der Waals surface area contributed by atoms with E-state index < -0.39 is 0 Å². The molecule has 0 aliphatic heterocycles. The number of aromatic nitrogens is 1. The van der Waals surface area contributed by atoms with E-state index in [1.54, 1.807) is 0 Å². The molecule has 128 valence electrons. The van der Waals surface area contributed by atoms with Gasteiger partial charge in [0, 0.05) is 14.7 Å². The molecule has 1 atom stereocenters. The van der Waals surface area contributed by atoms with Crippen molar-refractivity contribution in [3.05, 3.63) is 50.0 Å². The predicted octanol–water partition coefficient (Wildman–Crippen LogP) is 4.86. The van der Waals surface area contributed by atoms with Crippen LogP contribution in [0.5, 0.6) is 0 Å². The lowest BCUT2D eigenvalue weighted by Gasteiger charge is -2.20. The van der Waals surface area contributed by atoms with Gasteiger partial charge in [0.1, 0.15) is 9.71 Å². The third kappa shape index (κ3) is 3.13. The van der Waals surface area contributed by atoms with E-state index in [1.807, 2.05) is 24.3 Å². The van der Waals surface area contributed by atoms with Gasteiger partial charge in [0.2, 0.25) is 0 Å². The van der Waals surface area contributed by atoms with Crippen LogP contribution >= 0.6 is 33.9 Å². The number of hydrogen-bond acceptors (Lipinski definition) is 4. The minimum atomic E-state index is -0.170. The van der Waals surface area contributed by atoms with Crippen molar-refractivity contribution in [1.29, 1.82) is 0 Å². The number of benzene rings is 1. The molecule has 1 unspecified atom stereocenters. The maximum Gasteiger partial charge on any atom is 0.267 e. The number of aryl methyl sites for hydroxylation is 1. The van der Waals surface area contributed by atoms with E-state index in [-0.39, 0.29) is 5.91 Å². The van der Waals surface area contributed by atoms with Crippen molar-refractivity contribution in [3.8, 4) is 0 Å². The molecule has 4 nitrogen and oxygen atoms in total. The van der Waals surface area contributed by atoms with Crippen molar-refractivity contribution in [1.82, 2.24) is 4.98 Å². The number of thiophene rings is 1. The number of fused-ring (bicyclic) bond motifs is 2. The summed E-state index contributed by atoms with van der Waals surface area (Å²) in [4.78, 5) is 18.9. The number of pyridine rings is 1. The van der Waals surface area contributed by atoms with E-state index in [4.69, 9.17) is 10.7 Å². The Hall–Kier alpha value is -1.67. The van der Waals surface area contributed by atoms with Gasteiger partial charge in [-0.15, -0.1) is 11.3 Å².